The molecule has 1 unspecified atom stereocenters. The number of aliphatic carboxylic acids is 1. The molecule has 0 spiro atoms. The van der Waals surface area contributed by atoms with Gasteiger partial charge in [0.2, 0.25) is 0 Å². The second kappa shape index (κ2) is 12.4. The Balaban J connectivity index is 2.37. The van der Waals surface area contributed by atoms with Gasteiger partial charge >= 0.3 is 11.9 Å². The summed E-state index contributed by atoms with van der Waals surface area (Å²) in [5.74, 6) is -1.71. The van der Waals surface area contributed by atoms with Gasteiger partial charge in [-0.3, -0.25) is 9.59 Å². The van der Waals surface area contributed by atoms with Crippen LogP contribution in [-0.2, 0) is 30.2 Å². The van der Waals surface area contributed by atoms with Gasteiger partial charge in [0, 0.05) is 13.7 Å². The maximum atomic E-state index is 12.0. The molecule has 0 aliphatic rings. The van der Waals surface area contributed by atoms with Crippen molar-refractivity contribution in [1.82, 2.24) is 0 Å². The zero-order valence-electron chi connectivity index (χ0n) is 17.2. The van der Waals surface area contributed by atoms with Crippen LogP contribution in [0.5, 0.6) is 5.75 Å². The van der Waals surface area contributed by atoms with Crippen molar-refractivity contribution in [1.29, 1.82) is 0 Å². The number of esters is 1. The highest BCUT2D eigenvalue weighted by molar-refractivity contribution is 5.79. The quantitative estimate of drug-likeness (QED) is 0.310. The lowest BCUT2D eigenvalue weighted by Crippen LogP contribution is -2.22. The molecule has 1 aromatic carbocycles. The van der Waals surface area contributed by atoms with Crippen LogP contribution in [0.1, 0.15) is 45.6 Å². The molecule has 1 N–H and O–H groups in total. The molecule has 0 bridgehead atoms. The fourth-order valence-electron chi connectivity index (χ4n) is 2.41. The molecule has 0 heterocycles. The van der Waals surface area contributed by atoms with Gasteiger partial charge in [0.1, 0.15) is 5.75 Å². The third-order valence-electron chi connectivity index (χ3n) is 3.85. The van der Waals surface area contributed by atoms with Gasteiger partial charge < -0.3 is 24.1 Å². The Labute approximate surface area is 166 Å². The lowest BCUT2D eigenvalue weighted by molar-refractivity contribution is -0.151. The molecule has 1 aromatic rings. The molecule has 7 nitrogen and oxygen atoms in total. The zero-order valence-corrected chi connectivity index (χ0v) is 17.2. The molecule has 0 aliphatic carbocycles. The normalized spacial score (nSPS) is 12.4. The molecule has 0 radical (unpaired) electrons. The van der Waals surface area contributed by atoms with E-state index in [1.54, 1.807) is 24.3 Å². The summed E-state index contributed by atoms with van der Waals surface area (Å²) in [4.78, 5) is 23.5. The Morgan fingerprint density at radius 3 is 2.29 bits per heavy atom. The van der Waals surface area contributed by atoms with E-state index in [9.17, 15) is 14.7 Å². The van der Waals surface area contributed by atoms with Gasteiger partial charge in [0.05, 0.1) is 24.5 Å². The first-order valence-electron chi connectivity index (χ1n) is 9.44. The predicted molar refractivity (Wildman–Crippen MR) is 104 cm³/mol. The average Bonchev–Trinajstić information content (AvgIpc) is 2.62. The van der Waals surface area contributed by atoms with Crippen molar-refractivity contribution >= 4 is 11.9 Å². The van der Waals surface area contributed by atoms with Gasteiger partial charge in [-0.2, -0.15) is 0 Å². The number of hydrogen-bond acceptors (Lipinski definition) is 6. The number of unbranched alkanes of at least 4 members (excludes halogenated alkanes) is 1. The Kier molecular flexibility index (Phi) is 10.6. The minimum Gasteiger partial charge on any atom is -0.481 e. The standard InChI is InChI=1S/C21H32O7/c1-21(2,3)28-12-6-5-11-26-19(22)14-17(20(23)24)13-16-7-9-18(10-8-16)27-15-25-4/h7-10,17H,5-6,11-15H2,1-4H3,(H,23,24). The van der Waals surface area contributed by atoms with Gasteiger partial charge in [-0.25, -0.2) is 0 Å². The molecule has 7 heteroatoms. The number of carbonyl (C=O) groups excluding carboxylic acids is 1. The van der Waals surface area contributed by atoms with E-state index in [1.807, 2.05) is 20.8 Å². The molecule has 158 valence electrons. The third kappa shape index (κ3) is 10.9. The summed E-state index contributed by atoms with van der Waals surface area (Å²) in [6.45, 7) is 6.97. The number of benzene rings is 1. The highest BCUT2D eigenvalue weighted by Gasteiger charge is 2.22. The van der Waals surface area contributed by atoms with Crippen LogP contribution in [-0.4, -0.2) is 49.8 Å². The zero-order chi connectivity index (χ0) is 21.0. The topological polar surface area (TPSA) is 91.3 Å². The Bertz CT molecular complexity index is 590. The van der Waals surface area contributed by atoms with Crippen molar-refractivity contribution in [2.45, 2.75) is 52.1 Å². The highest BCUT2D eigenvalue weighted by atomic mass is 16.7. The predicted octanol–water partition coefficient (Wildman–Crippen LogP) is 3.44. The van der Waals surface area contributed by atoms with Gasteiger partial charge in [-0.1, -0.05) is 12.1 Å². The summed E-state index contributed by atoms with van der Waals surface area (Å²) in [5.41, 5.74) is 0.628. The minimum absolute atomic E-state index is 0.144. The Morgan fingerprint density at radius 1 is 1.07 bits per heavy atom. The molecule has 28 heavy (non-hydrogen) atoms. The van der Waals surface area contributed by atoms with E-state index in [-0.39, 0.29) is 31.8 Å². The first-order chi connectivity index (χ1) is 13.2. The molecule has 1 rings (SSSR count). The fourth-order valence-corrected chi connectivity index (χ4v) is 2.41. The van der Waals surface area contributed by atoms with E-state index in [0.717, 1.165) is 12.0 Å². The summed E-state index contributed by atoms with van der Waals surface area (Å²) in [6, 6.07) is 7.04. The second-order valence-corrected chi connectivity index (χ2v) is 7.53. The number of carboxylic acid groups (broad SMARTS) is 1. The first kappa shape index (κ1) is 23.9. The van der Waals surface area contributed by atoms with Crippen LogP contribution in [0.4, 0.5) is 0 Å². The summed E-state index contributed by atoms with van der Waals surface area (Å²) >= 11 is 0. The Hall–Kier alpha value is -2.12. The molecular formula is C21H32O7. The number of methoxy groups -OCH3 is 1. The third-order valence-corrected chi connectivity index (χ3v) is 3.85. The van der Waals surface area contributed by atoms with Crippen LogP contribution in [0.25, 0.3) is 0 Å². The highest BCUT2D eigenvalue weighted by Crippen LogP contribution is 2.18. The van der Waals surface area contributed by atoms with Gasteiger partial charge in [-0.15, -0.1) is 0 Å². The van der Waals surface area contributed by atoms with Crippen molar-refractivity contribution in [3.8, 4) is 5.75 Å². The summed E-state index contributed by atoms with van der Waals surface area (Å²) < 4.78 is 20.9. The molecular weight excluding hydrogens is 364 g/mol. The van der Waals surface area contributed by atoms with Crippen LogP contribution in [0, 0.1) is 5.92 Å². The summed E-state index contributed by atoms with van der Waals surface area (Å²) in [5, 5.41) is 9.41. The van der Waals surface area contributed by atoms with E-state index in [1.165, 1.54) is 7.11 Å². The van der Waals surface area contributed by atoms with E-state index in [2.05, 4.69) is 0 Å². The molecule has 0 amide bonds. The molecule has 0 saturated carbocycles. The Morgan fingerprint density at radius 2 is 1.71 bits per heavy atom. The number of carboxylic acids is 1. The lowest BCUT2D eigenvalue weighted by Gasteiger charge is -2.19. The van der Waals surface area contributed by atoms with Gasteiger partial charge in [0.25, 0.3) is 0 Å². The van der Waals surface area contributed by atoms with E-state index >= 15 is 0 Å². The van der Waals surface area contributed by atoms with Crippen molar-refractivity contribution < 1.29 is 33.6 Å². The van der Waals surface area contributed by atoms with E-state index < -0.39 is 17.9 Å². The molecule has 0 aromatic heterocycles. The summed E-state index contributed by atoms with van der Waals surface area (Å²) in [6.07, 6.45) is 1.55. The number of rotatable bonds is 13. The first-order valence-corrected chi connectivity index (χ1v) is 9.44. The maximum absolute atomic E-state index is 12.0. The van der Waals surface area contributed by atoms with Crippen molar-refractivity contribution in [3.05, 3.63) is 29.8 Å². The molecule has 0 aliphatic heterocycles. The lowest BCUT2D eigenvalue weighted by atomic mass is 9.96. The number of ether oxygens (including phenoxy) is 4. The van der Waals surface area contributed by atoms with Crippen molar-refractivity contribution in [2.24, 2.45) is 5.92 Å². The van der Waals surface area contributed by atoms with Gasteiger partial charge in [-0.05, 0) is 57.7 Å². The fraction of sp³-hybridized carbons (Fsp3) is 0.619. The second-order valence-electron chi connectivity index (χ2n) is 7.53. The SMILES string of the molecule is COCOc1ccc(CC(CC(=O)OCCCCOC(C)(C)C)C(=O)O)cc1. The van der Waals surface area contributed by atoms with Crippen molar-refractivity contribution in [3.63, 3.8) is 0 Å². The van der Waals surface area contributed by atoms with Crippen LogP contribution in [0.15, 0.2) is 24.3 Å². The van der Waals surface area contributed by atoms with Crippen molar-refractivity contribution in [2.75, 3.05) is 27.1 Å². The van der Waals surface area contributed by atoms with E-state index in [4.69, 9.17) is 18.9 Å². The van der Waals surface area contributed by atoms with Crippen LogP contribution >= 0.6 is 0 Å². The largest absolute Gasteiger partial charge is 0.481 e. The molecule has 1 atom stereocenters. The van der Waals surface area contributed by atoms with Crippen LogP contribution in [0.3, 0.4) is 0 Å². The molecule has 0 fully saturated rings. The number of hydrogen-bond donors (Lipinski definition) is 1. The van der Waals surface area contributed by atoms with Crippen LogP contribution in [0.2, 0.25) is 0 Å². The average molecular weight is 396 g/mol. The van der Waals surface area contributed by atoms with E-state index in [0.29, 0.717) is 18.8 Å². The maximum Gasteiger partial charge on any atom is 0.307 e. The van der Waals surface area contributed by atoms with Crippen LogP contribution < -0.4 is 4.74 Å². The minimum atomic E-state index is -1.02. The summed E-state index contributed by atoms with van der Waals surface area (Å²) in [7, 11) is 1.53. The van der Waals surface area contributed by atoms with Gasteiger partial charge in [0.15, 0.2) is 6.79 Å². The smallest absolute Gasteiger partial charge is 0.307 e. The molecule has 0 saturated heterocycles. The number of carbonyl (C=O) groups is 2. The monoisotopic (exact) mass is 396 g/mol.